The zero-order valence-corrected chi connectivity index (χ0v) is 12.3. The molecule has 0 aromatic heterocycles. The van der Waals surface area contributed by atoms with Gasteiger partial charge in [-0.3, -0.25) is 9.59 Å². The summed E-state index contributed by atoms with van der Waals surface area (Å²) in [4.78, 5) is 22.5. The van der Waals surface area contributed by atoms with Gasteiger partial charge in [-0.2, -0.15) is 0 Å². The molecule has 1 aromatic carbocycles. The lowest BCUT2D eigenvalue weighted by atomic mass is 9.97. The number of hydrogen-bond acceptors (Lipinski definition) is 3. The Morgan fingerprint density at radius 2 is 2.19 bits per heavy atom. The minimum absolute atomic E-state index is 0.0152. The highest BCUT2D eigenvalue weighted by molar-refractivity contribution is 5.78. The number of anilines is 1. The Bertz CT molecular complexity index is 516. The molecule has 2 unspecified atom stereocenters. The van der Waals surface area contributed by atoms with Crippen LogP contribution in [0.15, 0.2) is 24.3 Å². The highest BCUT2D eigenvalue weighted by Gasteiger charge is 2.24. The number of rotatable bonds is 7. The number of nitrogens with one attached hydrogen (secondary N) is 2. The van der Waals surface area contributed by atoms with Gasteiger partial charge in [-0.05, 0) is 31.4 Å². The lowest BCUT2D eigenvalue weighted by Gasteiger charge is -2.15. The Morgan fingerprint density at radius 1 is 1.43 bits per heavy atom. The number of amides is 1. The van der Waals surface area contributed by atoms with Crippen molar-refractivity contribution in [1.82, 2.24) is 5.32 Å². The van der Waals surface area contributed by atoms with E-state index in [1.165, 1.54) is 5.56 Å². The predicted molar refractivity (Wildman–Crippen MR) is 81.4 cm³/mol. The number of benzene rings is 1. The van der Waals surface area contributed by atoms with Gasteiger partial charge in [0.25, 0.3) is 0 Å². The first-order valence-electron chi connectivity index (χ1n) is 7.40. The molecule has 1 aliphatic rings. The average Bonchev–Trinajstić information content (AvgIpc) is 2.81. The van der Waals surface area contributed by atoms with Gasteiger partial charge in [0.1, 0.15) is 0 Å². The fourth-order valence-electron chi connectivity index (χ4n) is 2.73. The SMILES string of the molecule is CC(CCCC(=O)O)NC(=O)CC1CNc2ccccc21. The van der Waals surface area contributed by atoms with Crippen molar-refractivity contribution in [2.45, 2.75) is 44.6 Å². The summed E-state index contributed by atoms with van der Waals surface area (Å²) < 4.78 is 0. The molecule has 0 saturated carbocycles. The van der Waals surface area contributed by atoms with Crippen LogP contribution in [0.1, 0.15) is 44.1 Å². The predicted octanol–water partition coefficient (Wildman–Crippen LogP) is 2.35. The third-order valence-electron chi connectivity index (χ3n) is 3.81. The molecule has 0 aliphatic carbocycles. The Hall–Kier alpha value is -2.04. The number of carbonyl (C=O) groups is 2. The normalized spacial score (nSPS) is 17.7. The Labute approximate surface area is 124 Å². The van der Waals surface area contributed by atoms with E-state index in [9.17, 15) is 9.59 Å². The van der Waals surface area contributed by atoms with Crippen LogP contribution in [0.4, 0.5) is 5.69 Å². The van der Waals surface area contributed by atoms with Gasteiger partial charge >= 0.3 is 5.97 Å². The second-order valence-corrected chi connectivity index (χ2v) is 5.62. The molecule has 0 fully saturated rings. The molecule has 1 amide bonds. The highest BCUT2D eigenvalue weighted by atomic mass is 16.4. The van der Waals surface area contributed by atoms with Gasteiger partial charge in [0, 0.05) is 37.0 Å². The summed E-state index contributed by atoms with van der Waals surface area (Å²) in [5, 5.41) is 14.9. The molecule has 3 N–H and O–H groups in total. The molecule has 21 heavy (non-hydrogen) atoms. The molecule has 0 saturated heterocycles. The third kappa shape index (κ3) is 4.48. The van der Waals surface area contributed by atoms with E-state index in [0.29, 0.717) is 19.3 Å². The van der Waals surface area contributed by atoms with E-state index < -0.39 is 5.97 Å². The number of carbonyl (C=O) groups excluding carboxylic acids is 1. The van der Waals surface area contributed by atoms with Gasteiger partial charge in [0.15, 0.2) is 0 Å². The van der Waals surface area contributed by atoms with E-state index in [0.717, 1.165) is 12.2 Å². The second-order valence-electron chi connectivity index (χ2n) is 5.62. The zero-order valence-electron chi connectivity index (χ0n) is 12.3. The van der Waals surface area contributed by atoms with E-state index in [4.69, 9.17) is 5.11 Å². The molecule has 5 heteroatoms. The Balaban J connectivity index is 1.76. The van der Waals surface area contributed by atoms with Crippen molar-refractivity contribution in [2.75, 3.05) is 11.9 Å². The summed E-state index contributed by atoms with van der Waals surface area (Å²) in [5.41, 5.74) is 2.32. The van der Waals surface area contributed by atoms with Crippen LogP contribution in [0.3, 0.4) is 0 Å². The first-order chi connectivity index (χ1) is 10.1. The van der Waals surface area contributed by atoms with E-state index >= 15 is 0 Å². The van der Waals surface area contributed by atoms with Gasteiger partial charge in [0.05, 0.1) is 0 Å². The van der Waals surface area contributed by atoms with Crippen LogP contribution < -0.4 is 10.6 Å². The van der Waals surface area contributed by atoms with Gasteiger partial charge in [0.2, 0.25) is 5.91 Å². The molecule has 0 spiro atoms. The molecule has 1 aliphatic heterocycles. The maximum absolute atomic E-state index is 12.1. The summed E-state index contributed by atoms with van der Waals surface area (Å²) in [6.07, 6.45) is 1.90. The number of hydrogen-bond donors (Lipinski definition) is 3. The monoisotopic (exact) mass is 290 g/mol. The molecule has 1 heterocycles. The molecule has 1 aromatic rings. The average molecular weight is 290 g/mol. The highest BCUT2D eigenvalue weighted by Crippen LogP contribution is 2.33. The first-order valence-corrected chi connectivity index (χ1v) is 7.40. The molecule has 2 atom stereocenters. The molecule has 5 nitrogen and oxygen atoms in total. The lowest BCUT2D eigenvalue weighted by Crippen LogP contribution is -2.33. The summed E-state index contributed by atoms with van der Waals surface area (Å²) in [5.74, 6) is -0.545. The number of aliphatic carboxylic acids is 1. The van der Waals surface area contributed by atoms with Crippen molar-refractivity contribution in [1.29, 1.82) is 0 Å². The van der Waals surface area contributed by atoms with Crippen LogP contribution in [0.5, 0.6) is 0 Å². The van der Waals surface area contributed by atoms with Gasteiger partial charge in [-0.1, -0.05) is 18.2 Å². The molecule has 2 rings (SSSR count). The van der Waals surface area contributed by atoms with Crippen molar-refractivity contribution in [3.63, 3.8) is 0 Å². The number of para-hydroxylation sites is 1. The smallest absolute Gasteiger partial charge is 0.303 e. The van der Waals surface area contributed by atoms with Crippen molar-refractivity contribution >= 4 is 17.6 Å². The van der Waals surface area contributed by atoms with Gasteiger partial charge in [-0.15, -0.1) is 0 Å². The molecule has 0 radical (unpaired) electrons. The van der Waals surface area contributed by atoms with Crippen molar-refractivity contribution in [3.8, 4) is 0 Å². The first kappa shape index (κ1) is 15.4. The summed E-state index contributed by atoms with van der Waals surface area (Å²) in [7, 11) is 0. The standard InChI is InChI=1S/C16H22N2O3/c1-11(5-4-8-16(20)21)18-15(19)9-12-10-17-14-7-3-2-6-13(12)14/h2-3,6-7,11-12,17H,4-5,8-10H2,1H3,(H,18,19)(H,20,21). The van der Waals surface area contributed by atoms with Crippen molar-refractivity contribution < 1.29 is 14.7 Å². The number of carboxylic acid groups (broad SMARTS) is 1. The van der Waals surface area contributed by atoms with Crippen LogP contribution in [0.2, 0.25) is 0 Å². The van der Waals surface area contributed by atoms with Crippen molar-refractivity contribution in [2.24, 2.45) is 0 Å². The molecular formula is C16H22N2O3. The quantitative estimate of drug-likeness (QED) is 0.720. The maximum Gasteiger partial charge on any atom is 0.303 e. The second kappa shape index (κ2) is 7.11. The van der Waals surface area contributed by atoms with Gasteiger partial charge in [-0.25, -0.2) is 0 Å². The Kier molecular flexibility index (Phi) is 5.20. The van der Waals surface area contributed by atoms with Crippen LogP contribution in [0, 0.1) is 0 Å². The summed E-state index contributed by atoms with van der Waals surface area (Å²) >= 11 is 0. The van der Waals surface area contributed by atoms with Crippen molar-refractivity contribution in [3.05, 3.63) is 29.8 Å². The van der Waals surface area contributed by atoms with Gasteiger partial charge < -0.3 is 15.7 Å². The summed E-state index contributed by atoms with van der Waals surface area (Å²) in [6, 6.07) is 8.08. The number of carboxylic acids is 1. The van der Waals surface area contributed by atoms with Crippen LogP contribution in [-0.4, -0.2) is 29.6 Å². The topological polar surface area (TPSA) is 78.4 Å². The Morgan fingerprint density at radius 3 is 2.95 bits per heavy atom. The van der Waals surface area contributed by atoms with E-state index in [-0.39, 0.29) is 24.3 Å². The molecular weight excluding hydrogens is 268 g/mol. The largest absolute Gasteiger partial charge is 0.481 e. The molecule has 0 bridgehead atoms. The van der Waals surface area contributed by atoms with Crippen LogP contribution >= 0.6 is 0 Å². The fourth-order valence-corrected chi connectivity index (χ4v) is 2.73. The zero-order chi connectivity index (χ0) is 15.2. The van der Waals surface area contributed by atoms with Crippen LogP contribution in [-0.2, 0) is 9.59 Å². The third-order valence-corrected chi connectivity index (χ3v) is 3.81. The fraction of sp³-hybridized carbons (Fsp3) is 0.500. The summed E-state index contributed by atoms with van der Waals surface area (Å²) in [6.45, 7) is 2.71. The van der Waals surface area contributed by atoms with Crippen LogP contribution in [0.25, 0.3) is 0 Å². The maximum atomic E-state index is 12.1. The number of fused-ring (bicyclic) bond motifs is 1. The minimum Gasteiger partial charge on any atom is -0.481 e. The van der Waals surface area contributed by atoms with E-state index in [2.05, 4.69) is 16.7 Å². The van der Waals surface area contributed by atoms with E-state index in [1.807, 2.05) is 25.1 Å². The molecule has 114 valence electrons. The minimum atomic E-state index is -0.790. The lowest BCUT2D eigenvalue weighted by molar-refractivity contribution is -0.137. The van der Waals surface area contributed by atoms with E-state index in [1.54, 1.807) is 0 Å².